The van der Waals surface area contributed by atoms with Crippen LogP contribution in [0.3, 0.4) is 0 Å². The summed E-state index contributed by atoms with van der Waals surface area (Å²) >= 11 is 3.58. The lowest BCUT2D eigenvalue weighted by atomic mass is 10.2. The minimum absolute atomic E-state index is 0.866. The average Bonchev–Trinajstić information content (AvgIpc) is 2.65. The highest BCUT2D eigenvalue weighted by atomic mass is 79.9. The van der Waals surface area contributed by atoms with Gasteiger partial charge in [0.15, 0.2) is 0 Å². The Balaban J connectivity index is 2.47. The number of methoxy groups -OCH3 is 1. The van der Waals surface area contributed by atoms with Gasteiger partial charge in [0.1, 0.15) is 16.0 Å². The van der Waals surface area contributed by atoms with Crippen LogP contribution in [0.15, 0.2) is 34.9 Å². The van der Waals surface area contributed by atoms with Gasteiger partial charge in [-0.15, -0.1) is 0 Å². The van der Waals surface area contributed by atoms with E-state index in [9.17, 15) is 0 Å². The summed E-state index contributed by atoms with van der Waals surface area (Å²) in [5.74, 6) is 0.866. The fraction of sp³-hybridized carbons (Fsp3) is 0.154. The second-order valence-corrected chi connectivity index (χ2v) is 4.69. The third kappa shape index (κ3) is 1.52. The number of pyridine rings is 1. The van der Waals surface area contributed by atoms with Gasteiger partial charge >= 0.3 is 0 Å². The molecule has 86 valence electrons. The maximum Gasteiger partial charge on any atom is 0.138 e. The maximum absolute atomic E-state index is 5.23. The topological polar surface area (TPSA) is 26.5 Å². The van der Waals surface area contributed by atoms with Crippen LogP contribution >= 0.6 is 15.9 Å². The second-order valence-electron chi connectivity index (χ2n) is 3.94. The molecule has 0 radical (unpaired) electrons. The Labute approximate surface area is 107 Å². The van der Waals surface area contributed by atoms with E-state index in [-0.39, 0.29) is 0 Å². The summed E-state index contributed by atoms with van der Waals surface area (Å²) in [6.07, 6.45) is 0. The largest absolute Gasteiger partial charge is 0.497 e. The van der Waals surface area contributed by atoms with Crippen LogP contribution in [0.1, 0.15) is 5.69 Å². The van der Waals surface area contributed by atoms with Crippen molar-refractivity contribution in [1.29, 1.82) is 0 Å². The van der Waals surface area contributed by atoms with Crippen molar-refractivity contribution in [2.24, 2.45) is 0 Å². The van der Waals surface area contributed by atoms with Crippen LogP contribution in [0.25, 0.3) is 16.6 Å². The molecule has 0 aliphatic rings. The molecule has 0 atom stereocenters. The van der Waals surface area contributed by atoms with Crippen LogP contribution < -0.4 is 4.74 Å². The van der Waals surface area contributed by atoms with Gasteiger partial charge in [0.25, 0.3) is 0 Å². The third-order valence-electron chi connectivity index (χ3n) is 2.89. The Morgan fingerprint density at radius 2 is 2.06 bits per heavy atom. The first-order valence-corrected chi connectivity index (χ1v) is 6.11. The zero-order valence-corrected chi connectivity index (χ0v) is 11.2. The van der Waals surface area contributed by atoms with Crippen molar-refractivity contribution >= 4 is 32.5 Å². The SMILES string of the molecule is COc1ccc2c(ccc3nc(C)c(Br)n32)c1. The quantitative estimate of drug-likeness (QED) is 0.685. The van der Waals surface area contributed by atoms with E-state index in [4.69, 9.17) is 4.74 Å². The second kappa shape index (κ2) is 3.74. The van der Waals surface area contributed by atoms with E-state index < -0.39 is 0 Å². The summed E-state index contributed by atoms with van der Waals surface area (Å²) in [4.78, 5) is 4.49. The summed E-state index contributed by atoms with van der Waals surface area (Å²) < 4.78 is 8.34. The Morgan fingerprint density at radius 1 is 1.24 bits per heavy atom. The molecule has 0 aliphatic carbocycles. The molecule has 0 spiro atoms. The third-order valence-corrected chi connectivity index (χ3v) is 3.82. The molecule has 4 heteroatoms. The fourth-order valence-electron chi connectivity index (χ4n) is 2.03. The average molecular weight is 291 g/mol. The Kier molecular flexibility index (Phi) is 2.33. The lowest BCUT2D eigenvalue weighted by Gasteiger charge is -2.05. The molecule has 0 saturated heterocycles. The smallest absolute Gasteiger partial charge is 0.138 e. The number of hydrogen-bond acceptors (Lipinski definition) is 2. The lowest BCUT2D eigenvalue weighted by Crippen LogP contribution is -1.89. The number of hydrogen-bond donors (Lipinski definition) is 0. The summed E-state index contributed by atoms with van der Waals surface area (Å²) in [6, 6.07) is 10.1. The van der Waals surface area contributed by atoms with Crippen LogP contribution in [0.5, 0.6) is 5.75 Å². The highest BCUT2D eigenvalue weighted by Gasteiger charge is 2.08. The van der Waals surface area contributed by atoms with E-state index in [1.54, 1.807) is 7.11 Å². The first kappa shape index (κ1) is 10.6. The molecule has 2 heterocycles. The molecular weight excluding hydrogens is 280 g/mol. The normalized spacial score (nSPS) is 11.2. The van der Waals surface area contributed by atoms with Gasteiger partial charge in [-0.2, -0.15) is 0 Å². The minimum atomic E-state index is 0.866. The summed E-state index contributed by atoms with van der Waals surface area (Å²) in [5, 5.41) is 1.13. The van der Waals surface area contributed by atoms with Gasteiger partial charge in [-0.3, -0.25) is 4.40 Å². The number of aryl methyl sites for hydroxylation is 1. The maximum atomic E-state index is 5.23. The van der Waals surface area contributed by atoms with E-state index in [1.165, 1.54) is 0 Å². The van der Waals surface area contributed by atoms with E-state index in [0.717, 1.165) is 32.6 Å². The molecule has 2 aromatic heterocycles. The number of ether oxygens (including phenoxy) is 1. The highest BCUT2D eigenvalue weighted by molar-refractivity contribution is 9.10. The number of halogens is 1. The van der Waals surface area contributed by atoms with Crippen molar-refractivity contribution in [3.8, 4) is 5.75 Å². The summed E-state index contributed by atoms with van der Waals surface area (Å²) in [7, 11) is 1.68. The van der Waals surface area contributed by atoms with Crippen LogP contribution in [0.4, 0.5) is 0 Å². The predicted molar refractivity (Wildman–Crippen MR) is 71.7 cm³/mol. The molecule has 3 nitrogen and oxygen atoms in total. The standard InChI is InChI=1S/C13H11BrN2O/c1-8-13(14)16-11-5-4-10(17-2)7-9(11)3-6-12(16)15-8/h3-7H,1-2H3. The number of fused-ring (bicyclic) bond motifs is 3. The van der Waals surface area contributed by atoms with Crippen molar-refractivity contribution in [1.82, 2.24) is 9.38 Å². The van der Waals surface area contributed by atoms with E-state index in [2.05, 4.69) is 31.4 Å². The molecule has 3 rings (SSSR count). The molecule has 0 unspecified atom stereocenters. The zero-order chi connectivity index (χ0) is 12.0. The minimum Gasteiger partial charge on any atom is -0.497 e. The molecule has 3 aromatic rings. The van der Waals surface area contributed by atoms with Crippen LogP contribution in [-0.4, -0.2) is 16.5 Å². The van der Waals surface area contributed by atoms with Gasteiger partial charge in [-0.25, -0.2) is 4.98 Å². The highest BCUT2D eigenvalue weighted by Crippen LogP contribution is 2.26. The molecule has 0 fully saturated rings. The molecular formula is C13H11BrN2O. The predicted octanol–water partition coefficient (Wildman–Crippen LogP) is 3.57. The molecule has 17 heavy (non-hydrogen) atoms. The summed E-state index contributed by atoms with van der Waals surface area (Å²) in [5.41, 5.74) is 3.07. The van der Waals surface area contributed by atoms with Gasteiger partial charge in [0.2, 0.25) is 0 Å². The lowest BCUT2D eigenvalue weighted by molar-refractivity contribution is 0.415. The Bertz CT molecular complexity index is 718. The molecule has 0 saturated carbocycles. The van der Waals surface area contributed by atoms with Gasteiger partial charge < -0.3 is 4.74 Å². The van der Waals surface area contributed by atoms with E-state index >= 15 is 0 Å². The van der Waals surface area contributed by atoms with Gasteiger partial charge in [0, 0.05) is 5.39 Å². The van der Waals surface area contributed by atoms with E-state index in [1.807, 2.05) is 31.2 Å². The van der Waals surface area contributed by atoms with E-state index in [0.29, 0.717) is 0 Å². The Morgan fingerprint density at radius 3 is 2.82 bits per heavy atom. The first-order chi connectivity index (χ1) is 8.20. The van der Waals surface area contributed by atoms with Gasteiger partial charge in [0.05, 0.1) is 18.3 Å². The molecule has 1 aromatic carbocycles. The fourth-order valence-corrected chi connectivity index (χ4v) is 2.49. The number of benzene rings is 1. The monoisotopic (exact) mass is 290 g/mol. The van der Waals surface area contributed by atoms with Crippen molar-refractivity contribution in [2.75, 3.05) is 7.11 Å². The van der Waals surface area contributed by atoms with Crippen LogP contribution in [0, 0.1) is 6.92 Å². The number of imidazole rings is 1. The number of nitrogens with zero attached hydrogens (tertiary/aromatic N) is 2. The van der Waals surface area contributed by atoms with Crippen LogP contribution in [-0.2, 0) is 0 Å². The van der Waals surface area contributed by atoms with Crippen LogP contribution in [0.2, 0.25) is 0 Å². The molecule has 0 amide bonds. The van der Waals surface area contributed by atoms with Gasteiger partial charge in [-0.05, 0) is 53.2 Å². The van der Waals surface area contributed by atoms with Crippen molar-refractivity contribution in [3.63, 3.8) is 0 Å². The first-order valence-electron chi connectivity index (χ1n) is 5.32. The van der Waals surface area contributed by atoms with Crippen molar-refractivity contribution in [3.05, 3.63) is 40.6 Å². The summed E-state index contributed by atoms with van der Waals surface area (Å²) in [6.45, 7) is 1.99. The molecule has 0 aliphatic heterocycles. The number of rotatable bonds is 1. The van der Waals surface area contributed by atoms with Crippen molar-refractivity contribution < 1.29 is 4.74 Å². The van der Waals surface area contributed by atoms with Crippen molar-refractivity contribution in [2.45, 2.75) is 6.92 Å². The zero-order valence-electron chi connectivity index (χ0n) is 9.57. The number of aromatic nitrogens is 2. The molecule has 0 N–H and O–H groups in total. The molecule has 0 bridgehead atoms. The Hall–Kier alpha value is -1.55. The van der Waals surface area contributed by atoms with Gasteiger partial charge in [-0.1, -0.05) is 0 Å².